The Labute approximate surface area is 324 Å². The van der Waals surface area contributed by atoms with Gasteiger partial charge in [-0.25, -0.2) is 9.67 Å². The van der Waals surface area contributed by atoms with E-state index in [4.69, 9.17) is 9.72 Å². The van der Waals surface area contributed by atoms with Gasteiger partial charge in [-0.3, -0.25) is 4.57 Å². The van der Waals surface area contributed by atoms with Gasteiger partial charge >= 0.3 is 0 Å². The van der Waals surface area contributed by atoms with Crippen molar-refractivity contribution in [2.24, 2.45) is 0 Å². The van der Waals surface area contributed by atoms with Crippen LogP contribution in [-0.2, 0) is 0 Å². The fourth-order valence-corrected chi connectivity index (χ4v) is 8.02. The van der Waals surface area contributed by atoms with Gasteiger partial charge in [-0.15, -0.1) is 5.10 Å². The Kier molecular flexibility index (Phi) is 7.78. The molecule has 5 aromatic carbocycles. The molecule has 0 saturated carbocycles. The molecule has 0 radical (unpaired) electrons. The predicted octanol–water partition coefficient (Wildman–Crippen LogP) is 12.6. The van der Waals surface area contributed by atoms with Crippen molar-refractivity contribution in [1.29, 1.82) is 0 Å². The van der Waals surface area contributed by atoms with Crippen molar-refractivity contribution in [3.63, 3.8) is 0 Å². The number of aromatic nitrogens is 6. The van der Waals surface area contributed by atoms with E-state index in [9.17, 15) is 2.74 Å². The predicted molar refractivity (Wildman–Crippen MR) is 226 cm³/mol. The van der Waals surface area contributed by atoms with Crippen LogP contribution in [0.3, 0.4) is 0 Å². The Balaban J connectivity index is 1.25. The molecular weight excluding hydrogens is 677 g/mol. The van der Waals surface area contributed by atoms with Crippen molar-refractivity contribution in [3.8, 4) is 28.7 Å². The number of pyridine rings is 1. The minimum absolute atomic E-state index is 0.279. The molecule has 274 valence electrons. The number of rotatable bonds is 8. The summed E-state index contributed by atoms with van der Waals surface area (Å²) in [6.07, 6.45) is 1.86. The van der Waals surface area contributed by atoms with Gasteiger partial charge in [0.25, 0.3) is 0 Å². The molecular formula is C48H46N6O. The summed E-state index contributed by atoms with van der Waals surface area (Å²) in [5, 5.41) is 13.0. The highest BCUT2D eigenvalue weighted by molar-refractivity contribution is 6.12. The lowest BCUT2D eigenvalue weighted by Crippen LogP contribution is -2.04. The second-order valence-electron chi connectivity index (χ2n) is 15.3. The second-order valence-corrected chi connectivity index (χ2v) is 15.3. The maximum absolute atomic E-state index is 9.21. The molecule has 0 bridgehead atoms. The second kappa shape index (κ2) is 13.3. The molecule has 0 N–H and O–H groups in total. The van der Waals surface area contributed by atoms with E-state index in [2.05, 4.69) is 112 Å². The summed E-state index contributed by atoms with van der Waals surface area (Å²) in [6.45, 7) is 16.1. The highest BCUT2D eigenvalue weighted by atomic mass is 16.5. The topological polar surface area (TPSA) is 62.7 Å². The van der Waals surface area contributed by atoms with Crippen molar-refractivity contribution in [2.75, 3.05) is 0 Å². The molecule has 0 aliphatic carbocycles. The molecule has 0 aliphatic rings. The molecule has 0 unspecified atom stereocenters. The van der Waals surface area contributed by atoms with Crippen LogP contribution in [0, 0.1) is 13.8 Å². The first-order valence-electron chi connectivity index (χ1n) is 20.0. The van der Waals surface area contributed by atoms with Crippen LogP contribution >= 0.6 is 0 Å². The maximum atomic E-state index is 9.21. The Morgan fingerprint density at radius 1 is 0.600 bits per heavy atom. The molecule has 9 rings (SSSR count). The fraction of sp³-hybridized carbons (Fsp3) is 0.229. The largest absolute Gasteiger partial charge is 0.457 e. The Hall–Kier alpha value is -6.21. The minimum atomic E-state index is -0.871. The minimum Gasteiger partial charge on any atom is -0.457 e. The summed E-state index contributed by atoms with van der Waals surface area (Å²) >= 11 is 0. The molecule has 4 aromatic heterocycles. The fourth-order valence-electron chi connectivity index (χ4n) is 8.02. The summed E-state index contributed by atoms with van der Waals surface area (Å²) in [4.78, 5) is 5.01. The van der Waals surface area contributed by atoms with Gasteiger partial charge in [-0.05, 0) is 84.6 Å². The van der Waals surface area contributed by atoms with Crippen molar-refractivity contribution in [3.05, 3.63) is 143 Å². The third-order valence-electron chi connectivity index (χ3n) is 10.9. The highest BCUT2D eigenvalue weighted by Crippen LogP contribution is 2.41. The maximum Gasteiger partial charge on any atom is 0.139 e. The number of hydrogen-bond acceptors (Lipinski definition) is 4. The third-order valence-corrected chi connectivity index (χ3v) is 10.9. The Bertz CT molecular complexity index is 2960. The first kappa shape index (κ1) is 32.2. The van der Waals surface area contributed by atoms with E-state index in [1.54, 1.807) is 0 Å². The molecule has 7 nitrogen and oxygen atoms in total. The van der Waals surface area contributed by atoms with Gasteiger partial charge in [0.05, 0.1) is 44.8 Å². The zero-order chi connectivity index (χ0) is 40.0. The van der Waals surface area contributed by atoms with Crippen LogP contribution in [-0.4, -0.2) is 29.1 Å². The third kappa shape index (κ3) is 5.68. The first-order chi connectivity index (χ1) is 27.2. The van der Waals surface area contributed by atoms with Crippen molar-refractivity contribution < 1.29 is 7.48 Å². The van der Waals surface area contributed by atoms with Gasteiger partial charge in [0.1, 0.15) is 17.3 Å². The zero-order valence-electron chi connectivity index (χ0n) is 34.6. The van der Waals surface area contributed by atoms with Gasteiger partial charge in [-0.2, -0.15) is 0 Å². The number of benzene rings is 5. The van der Waals surface area contributed by atoms with E-state index in [-0.39, 0.29) is 5.92 Å². The number of hydrogen-bond donors (Lipinski definition) is 0. The number of fused-ring (bicyclic) bond motifs is 6. The van der Waals surface area contributed by atoms with E-state index in [0.717, 1.165) is 94.6 Å². The smallest absolute Gasteiger partial charge is 0.139 e. The standard InChI is InChI=1S/C48H46N6O/c1-28(2)33-23-35(54-32(8)31(7)50-51-54)25-37(24-33)55-36-19-20-41-40-13-9-10-18-44(40)53(45(41)27-36)46-26-34(21-22-49-46)52-47-38(29(3)4)14-11-16-42(47)43-17-12-15-39(30(5)6)48(43)52/h9-30H,1-8H3/i29D,30D. The van der Waals surface area contributed by atoms with E-state index in [1.807, 2.05) is 82.8 Å². The van der Waals surface area contributed by atoms with Gasteiger partial charge < -0.3 is 9.30 Å². The highest BCUT2D eigenvalue weighted by Gasteiger charge is 2.22. The molecule has 0 saturated heterocycles. The lowest BCUT2D eigenvalue weighted by Gasteiger charge is -2.17. The van der Waals surface area contributed by atoms with E-state index < -0.39 is 11.8 Å². The average Bonchev–Trinajstić information content (AvgIpc) is 3.82. The summed E-state index contributed by atoms with van der Waals surface area (Å²) in [5.74, 6) is 0.707. The summed E-state index contributed by atoms with van der Waals surface area (Å²) in [6, 6.07) is 37.6. The Morgan fingerprint density at radius 3 is 1.93 bits per heavy atom. The number of ether oxygens (including phenoxy) is 1. The molecule has 7 heteroatoms. The molecule has 0 fully saturated rings. The van der Waals surface area contributed by atoms with Gasteiger partial charge in [0.2, 0.25) is 0 Å². The van der Waals surface area contributed by atoms with Crippen molar-refractivity contribution in [1.82, 2.24) is 29.1 Å². The van der Waals surface area contributed by atoms with Gasteiger partial charge in [0.15, 0.2) is 0 Å². The van der Waals surface area contributed by atoms with Crippen LogP contribution < -0.4 is 4.74 Å². The molecule has 0 amide bonds. The zero-order valence-corrected chi connectivity index (χ0v) is 32.6. The first-order valence-corrected chi connectivity index (χ1v) is 19.0. The van der Waals surface area contributed by atoms with Crippen LogP contribution in [0.25, 0.3) is 60.8 Å². The molecule has 9 aromatic rings. The van der Waals surface area contributed by atoms with Crippen LogP contribution in [0.15, 0.2) is 115 Å². The number of aryl methyl sites for hydroxylation is 1. The van der Waals surface area contributed by atoms with Crippen LogP contribution in [0.5, 0.6) is 11.5 Å². The van der Waals surface area contributed by atoms with E-state index in [0.29, 0.717) is 5.75 Å². The Morgan fingerprint density at radius 2 is 1.27 bits per heavy atom. The molecule has 0 atom stereocenters. The van der Waals surface area contributed by atoms with Crippen molar-refractivity contribution in [2.45, 2.75) is 73.1 Å². The summed E-state index contributed by atoms with van der Waals surface area (Å²) in [7, 11) is 0. The van der Waals surface area contributed by atoms with E-state index in [1.165, 1.54) is 0 Å². The summed E-state index contributed by atoms with van der Waals surface area (Å²) in [5.41, 5.74) is 10.6. The van der Waals surface area contributed by atoms with E-state index >= 15 is 0 Å². The molecule has 55 heavy (non-hydrogen) atoms. The molecule has 0 spiro atoms. The van der Waals surface area contributed by atoms with Crippen LogP contribution in [0.1, 0.15) is 90.1 Å². The SMILES string of the molecule is [2H]C(C)(C)c1cccc2c3cccc(C([2H])(C)C)c3n(-c3ccnc(-n4c5ccccc5c5ccc(Oc6cc(C(C)C)cc(-n7nnc(C)c7C)c6)cc54)c3)c12. The monoisotopic (exact) mass is 724 g/mol. The summed E-state index contributed by atoms with van der Waals surface area (Å²) < 4.78 is 31.5. The van der Waals surface area contributed by atoms with Gasteiger partial charge in [-0.1, -0.05) is 101 Å². The van der Waals surface area contributed by atoms with Gasteiger partial charge in [0, 0.05) is 48.7 Å². The molecule has 4 heterocycles. The van der Waals surface area contributed by atoms with Crippen LogP contribution in [0.4, 0.5) is 0 Å². The number of nitrogens with zero attached hydrogens (tertiary/aromatic N) is 6. The van der Waals surface area contributed by atoms with Crippen molar-refractivity contribution >= 4 is 43.6 Å². The quantitative estimate of drug-likeness (QED) is 0.156. The number of para-hydroxylation sites is 3. The molecule has 0 aliphatic heterocycles. The lowest BCUT2D eigenvalue weighted by molar-refractivity contribution is 0.481. The normalized spacial score (nSPS) is 13.0. The van der Waals surface area contributed by atoms with Crippen LogP contribution in [0.2, 0.25) is 0 Å². The lowest BCUT2D eigenvalue weighted by atomic mass is 9.98. The average molecular weight is 725 g/mol.